The van der Waals surface area contributed by atoms with Gasteiger partial charge in [0.2, 0.25) is 0 Å². The molecule has 1 aliphatic carbocycles. The van der Waals surface area contributed by atoms with Gasteiger partial charge < -0.3 is 10.6 Å². The van der Waals surface area contributed by atoms with E-state index in [1.165, 1.54) is 18.4 Å². The van der Waals surface area contributed by atoms with Crippen molar-refractivity contribution in [2.75, 3.05) is 0 Å². The molecule has 0 bridgehead atoms. The minimum atomic E-state index is -0.0431. The van der Waals surface area contributed by atoms with Crippen molar-refractivity contribution in [1.82, 2.24) is 10.6 Å². The van der Waals surface area contributed by atoms with Crippen molar-refractivity contribution in [1.29, 1.82) is 0 Å². The molecule has 17 heavy (non-hydrogen) atoms. The Kier molecular flexibility index (Phi) is 4.02. The molecule has 0 saturated heterocycles. The third kappa shape index (κ3) is 3.77. The van der Waals surface area contributed by atoms with E-state index in [1.54, 1.807) is 0 Å². The SMILES string of the molecule is Cc1cccc(CNC(=O)NC2CCCC2)c1. The minimum Gasteiger partial charge on any atom is -0.335 e. The summed E-state index contributed by atoms with van der Waals surface area (Å²) in [7, 11) is 0. The molecule has 0 spiro atoms. The van der Waals surface area contributed by atoms with Crippen molar-refractivity contribution in [3.05, 3.63) is 35.4 Å². The Morgan fingerprint density at radius 3 is 2.82 bits per heavy atom. The molecule has 1 fully saturated rings. The summed E-state index contributed by atoms with van der Waals surface area (Å²) in [4.78, 5) is 11.6. The van der Waals surface area contributed by atoms with E-state index in [-0.39, 0.29) is 6.03 Å². The van der Waals surface area contributed by atoms with Crippen molar-refractivity contribution >= 4 is 6.03 Å². The Morgan fingerprint density at radius 2 is 2.12 bits per heavy atom. The van der Waals surface area contributed by atoms with Gasteiger partial charge in [0.1, 0.15) is 0 Å². The standard InChI is InChI=1S/C14H20N2O/c1-11-5-4-6-12(9-11)10-15-14(17)16-13-7-2-3-8-13/h4-6,9,13H,2-3,7-8,10H2,1H3,(H2,15,16,17). The minimum absolute atomic E-state index is 0.0431. The van der Waals surface area contributed by atoms with Gasteiger partial charge in [0.05, 0.1) is 0 Å². The van der Waals surface area contributed by atoms with Gasteiger partial charge in [-0.15, -0.1) is 0 Å². The Balaban J connectivity index is 1.75. The lowest BCUT2D eigenvalue weighted by molar-refractivity contribution is 0.236. The van der Waals surface area contributed by atoms with Gasteiger partial charge >= 0.3 is 6.03 Å². The van der Waals surface area contributed by atoms with Crippen molar-refractivity contribution in [3.8, 4) is 0 Å². The summed E-state index contributed by atoms with van der Waals surface area (Å²) in [5, 5.41) is 5.92. The van der Waals surface area contributed by atoms with Gasteiger partial charge in [-0.2, -0.15) is 0 Å². The third-order valence-electron chi connectivity index (χ3n) is 3.23. The van der Waals surface area contributed by atoms with Crippen LogP contribution in [0.4, 0.5) is 4.79 Å². The first-order valence-corrected chi connectivity index (χ1v) is 6.34. The summed E-state index contributed by atoms with van der Waals surface area (Å²) < 4.78 is 0. The molecule has 1 saturated carbocycles. The van der Waals surface area contributed by atoms with Crippen LogP contribution in [0.15, 0.2) is 24.3 Å². The molecule has 0 aliphatic heterocycles. The largest absolute Gasteiger partial charge is 0.335 e. The van der Waals surface area contributed by atoms with Crippen LogP contribution in [0.1, 0.15) is 36.8 Å². The molecule has 1 aliphatic rings. The molecule has 0 radical (unpaired) electrons. The molecule has 2 N–H and O–H groups in total. The zero-order valence-corrected chi connectivity index (χ0v) is 10.3. The van der Waals surface area contributed by atoms with Crippen molar-refractivity contribution < 1.29 is 4.79 Å². The second-order valence-electron chi connectivity index (χ2n) is 4.80. The van der Waals surface area contributed by atoms with Gasteiger partial charge in [-0.3, -0.25) is 0 Å². The topological polar surface area (TPSA) is 41.1 Å². The fraction of sp³-hybridized carbons (Fsp3) is 0.500. The first-order chi connectivity index (χ1) is 8.24. The second kappa shape index (κ2) is 5.71. The normalized spacial score (nSPS) is 15.8. The summed E-state index contributed by atoms with van der Waals surface area (Å²) in [6.45, 7) is 2.66. The summed E-state index contributed by atoms with van der Waals surface area (Å²) in [6.07, 6.45) is 4.72. The Morgan fingerprint density at radius 1 is 1.35 bits per heavy atom. The summed E-state index contributed by atoms with van der Waals surface area (Å²) in [5.74, 6) is 0. The lowest BCUT2D eigenvalue weighted by atomic mass is 10.1. The number of benzene rings is 1. The lowest BCUT2D eigenvalue weighted by Crippen LogP contribution is -2.40. The molecule has 0 aromatic heterocycles. The fourth-order valence-electron chi connectivity index (χ4n) is 2.31. The van der Waals surface area contributed by atoms with Gasteiger partial charge in [0.25, 0.3) is 0 Å². The highest BCUT2D eigenvalue weighted by Gasteiger charge is 2.16. The second-order valence-corrected chi connectivity index (χ2v) is 4.80. The van der Waals surface area contributed by atoms with E-state index >= 15 is 0 Å². The molecule has 3 nitrogen and oxygen atoms in total. The van der Waals surface area contributed by atoms with Gasteiger partial charge in [-0.1, -0.05) is 42.7 Å². The number of hydrogen-bond acceptors (Lipinski definition) is 1. The number of rotatable bonds is 3. The maximum atomic E-state index is 11.6. The highest BCUT2D eigenvalue weighted by molar-refractivity contribution is 5.74. The molecule has 0 atom stereocenters. The quantitative estimate of drug-likeness (QED) is 0.826. The number of aryl methyl sites for hydroxylation is 1. The van der Waals surface area contributed by atoms with Crippen LogP contribution in [-0.4, -0.2) is 12.1 Å². The fourth-order valence-corrected chi connectivity index (χ4v) is 2.31. The Bertz CT molecular complexity index is 384. The van der Waals surface area contributed by atoms with E-state index in [9.17, 15) is 4.79 Å². The molecule has 0 unspecified atom stereocenters. The van der Waals surface area contributed by atoms with Crippen molar-refractivity contribution in [2.45, 2.75) is 45.2 Å². The molecule has 0 heterocycles. The van der Waals surface area contributed by atoms with Crippen LogP contribution in [0.3, 0.4) is 0 Å². The number of amides is 2. The zero-order chi connectivity index (χ0) is 12.1. The lowest BCUT2D eigenvalue weighted by Gasteiger charge is -2.13. The number of nitrogens with one attached hydrogen (secondary N) is 2. The predicted octanol–water partition coefficient (Wildman–Crippen LogP) is 2.74. The average Bonchev–Trinajstić information content (AvgIpc) is 2.79. The maximum absolute atomic E-state index is 11.6. The summed E-state index contributed by atoms with van der Waals surface area (Å²) in [5.41, 5.74) is 2.37. The third-order valence-corrected chi connectivity index (χ3v) is 3.23. The molecule has 1 aromatic rings. The van der Waals surface area contributed by atoms with Gasteiger partial charge in [0.15, 0.2) is 0 Å². The van der Waals surface area contributed by atoms with Crippen molar-refractivity contribution in [3.63, 3.8) is 0 Å². The van der Waals surface area contributed by atoms with Crippen LogP contribution >= 0.6 is 0 Å². The number of carbonyl (C=O) groups is 1. The summed E-state index contributed by atoms with van der Waals surface area (Å²) in [6, 6.07) is 8.54. The van der Waals surface area contributed by atoms with E-state index < -0.39 is 0 Å². The van der Waals surface area contributed by atoms with E-state index in [0.29, 0.717) is 12.6 Å². The zero-order valence-electron chi connectivity index (χ0n) is 10.3. The monoisotopic (exact) mass is 232 g/mol. The highest BCUT2D eigenvalue weighted by atomic mass is 16.2. The molecular weight excluding hydrogens is 212 g/mol. The molecule has 1 aromatic carbocycles. The number of hydrogen-bond donors (Lipinski definition) is 2. The first-order valence-electron chi connectivity index (χ1n) is 6.34. The van der Waals surface area contributed by atoms with E-state index in [4.69, 9.17) is 0 Å². The van der Waals surface area contributed by atoms with E-state index in [2.05, 4.69) is 29.7 Å². The van der Waals surface area contributed by atoms with E-state index in [1.807, 2.05) is 12.1 Å². The Labute approximate surface area is 103 Å². The number of urea groups is 1. The first kappa shape index (κ1) is 12.0. The van der Waals surface area contributed by atoms with Gasteiger partial charge in [-0.05, 0) is 25.3 Å². The molecule has 2 rings (SSSR count). The summed E-state index contributed by atoms with van der Waals surface area (Å²) >= 11 is 0. The average molecular weight is 232 g/mol. The van der Waals surface area contributed by atoms with E-state index in [0.717, 1.165) is 18.4 Å². The molecule has 2 amide bonds. The molecule has 3 heteroatoms. The predicted molar refractivity (Wildman–Crippen MR) is 68.8 cm³/mol. The Hall–Kier alpha value is -1.51. The van der Waals surface area contributed by atoms with Crippen molar-refractivity contribution in [2.24, 2.45) is 0 Å². The molecular formula is C14H20N2O. The smallest absolute Gasteiger partial charge is 0.315 e. The van der Waals surface area contributed by atoms with Crippen LogP contribution in [0.2, 0.25) is 0 Å². The van der Waals surface area contributed by atoms with Crippen LogP contribution in [0, 0.1) is 6.92 Å². The van der Waals surface area contributed by atoms with Crippen LogP contribution in [0.5, 0.6) is 0 Å². The molecule has 92 valence electrons. The maximum Gasteiger partial charge on any atom is 0.315 e. The van der Waals surface area contributed by atoms with Crippen LogP contribution < -0.4 is 10.6 Å². The van der Waals surface area contributed by atoms with Gasteiger partial charge in [0, 0.05) is 12.6 Å². The number of carbonyl (C=O) groups excluding carboxylic acids is 1. The van der Waals surface area contributed by atoms with Crippen LogP contribution in [0.25, 0.3) is 0 Å². The highest BCUT2D eigenvalue weighted by Crippen LogP contribution is 2.17. The van der Waals surface area contributed by atoms with Crippen LogP contribution in [-0.2, 0) is 6.54 Å². The van der Waals surface area contributed by atoms with Gasteiger partial charge in [-0.25, -0.2) is 4.79 Å².